The van der Waals surface area contributed by atoms with Crippen LogP contribution in [0.4, 0.5) is 0 Å². The Balaban J connectivity index is 2.13. The molecule has 5 nitrogen and oxygen atoms in total. The molecule has 1 heterocycles. The number of ether oxygens (including phenoxy) is 1. The molecule has 0 radical (unpaired) electrons. The van der Waals surface area contributed by atoms with Gasteiger partial charge in [0.1, 0.15) is 6.61 Å². The molecule has 5 heteroatoms. The number of benzene rings is 1. The molecule has 2 rings (SSSR count). The average Bonchev–Trinajstić information content (AvgIpc) is 2.47. The molecule has 0 saturated carbocycles. The summed E-state index contributed by atoms with van der Waals surface area (Å²) in [5.41, 5.74) is 5.05. The first-order valence-electron chi connectivity index (χ1n) is 6.55. The number of amides is 1. The summed E-state index contributed by atoms with van der Waals surface area (Å²) in [7, 11) is 0. The van der Waals surface area contributed by atoms with Crippen molar-refractivity contribution >= 4 is 5.91 Å². The minimum absolute atomic E-state index is 0.142. The summed E-state index contributed by atoms with van der Waals surface area (Å²) in [6, 6.07) is 5.40. The van der Waals surface area contributed by atoms with Crippen LogP contribution in [-0.4, -0.2) is 48.9 Å². The van der Waals surface area contributed by atoms with Gasteiger partial charge in [0.2, 0.25) is 0 Å². The number of carbonyl (C=O) groups is 1. The summed E-state index contributed by atoms with van der Waals surface area (Å²) in [5.74, 6) is 5.31. The smallest absolute Gasteiger partial charge is 0.265 e. The van der Waals surface area contributed by atoms with Crippen molar-refractivity contribution in [3.05, 3.63) is 34.9 Å². The molecule has 0 atom stereocenters. The van der Waals surface area contributed by atoms with Gasteiger partial charge in [0.25, 0.3) is 5.91 Å². The fraction of sp³-hybridized carbons (Fsp3) is 0.400. The van der Waals surface area contributed by atoms with Gasteiger partial charge in [-0.2, -0.15) is 0 Å². The molecule has 106 valence electrons. The third-order valence-corrected chi connectivity index (χ3v) is 3.15. The normalized spacial score (nSPS) is 15.3. The predicted molar refractivity (Wildman–Crippen MR) is 75.0 cm³/mol. The van der Waals surface area contributed by atoms with E-state index in [9.17, 15) is 4.79 Å². The van der Waals surface area contributed by atoms with Gasteiger partial charge in [-0.25, -0.2) is 5.01 Å². The van der Waals surface area contributed by atoms with E-state index in [1.54, 1.807) is 12.1 Å². The molecule has 0 unspecified atom stereocenters. The number of aliphatic hydroxyl groups excluding tert-OH is 1. The van der Waals surface area contributed by atoms with E-state index >= 15 is 0 Å². The van der Waals surface area contributed by atoms with Crippen molar-refractivity contribution in [3.8, 4) is 11.8 Å². The van der Waals surface area contributed by atoms with Gasteiger partial charge in [0.05, 0.1) is 13.2 Å². The molecule has 1 saturated heterocycles. The first-order valence-corrected chi connectivity index (χ1v) is 6.55. The van der Waals surface area contributed by atoms with Crippen molar-refractivity contribution < 1.29 is 14.6 Å². The minimum atomic E-state index is -0.191. The molecular formula is C15H18N2O3. The zero-order valence-corrected chi connectivity index (χ0v) is 11.5. The summed E-state index contributed by atoms with van der Waals surface area (Å²) in [4.78, 5) is 12.3. The number of nitrogens with one attached hydrogen (secondary N) is 1. The van der Waals surface area contributed by atoms with Gasteiger partial charge in [-0.15, -0.1) is 0 Å². The number of morpholine rings is 1. The molecule has 0 aromatic heterocycles. The number of hydrazine groups is 1. The van der Waals surface area contributed by atoms with Crippen LogP contribution in [0.5, 0.6) is 0 Å². The van der Waals surface area contributed by atoms with Crippen LogP contribution in [0.15, 0.2) is 18.2 Å². The van der Waals surface area contributed by atoms with Gasteiger partial charge in [0.15, 0.2) is 0 Å². The lowest BCUT2D eigenvalue weighted by Crippen LogP contribution is -2.48. The molecule has 1 aliphatic rings. The van der Waals surface area contributed by atoms with Crippen molar-refractivity contribution in [1.82, 2.24) is 10.4 Å². The second-order valence-corrected chi connectivity index (χ2v) is 4.48. The third kappa shape index (κ3) is 3.58. The highest BCUT2D eigenvalue weighted by molar-refractivity contribution is 5.95. The van der Waals surface area contributed by atoms with Crippen molar-refractivity contribution in [2.24, 2.45) is 0 Å². The van der Waals surface area contributed by atoms with Crippen LogP contribution in [-0.2, 0) is 4.74 Å². The molecule has 2 N–H and O–H groups in total. The fourth-order valence-electron chi connectivity index (χ4n) is 2.03. The van der Waals surface area contributed by atoms with Crippen molar-refractivity contribution in [2.75, 3.05) is 32.9 Å². The Morgan fingerprint density at radius 3 is 2.90 bits per heavy atom. The molecule has 1 aromatic rings. The van der Waals surface area contributed by atoms with E-state index in [4.69, 9.17) is 9.84 Å². The molecule has 1 aromatic carbocycles. The average molecular weight is 274 g/mol. The SMILES string of the molecule is Cc1c(C#CCO)cccc1C(=O)NN1CCOCC1. The maximum Gasteiger partial charge on any atom is 0.265 e. The van der Waals surface area contributed by atoms with Crippen molar-refractivity contribution in [1.29, 1.82) is 0 Å². The fourth-order valence-corrected chi connectivity index (χ4v) is 2.03. The quantitative estimate of drug-likeness (QED) is 0.762. The molecule has 0 bridgehead atoms. The monoisotopic (exact) mass is 274 g/mol. The molecule has 1 aliphatic heterocycles. The first kappa shape index (κ1) is 14.5. The number of rotatable bonds is 2. The number of hydrogen-bond acceptors (Lipinski definition) is 4. The molecule has 0 spiro atoms. The highest BCUT2D eigenvalue weighted by Crippen LogP contribution is 2.13. The third-order valence-electron chi connectivity index (χ3n) is 3.15. The first-order chi connectivity index (χ1) is 9.72. The Hall–Kier alpha value is -1.87. The van der Waals surface area contributed by atoms with Crippen LogP contribution in [0.2, 0.25) is 0 Å². The second-order valence-electron chi connectivity index (χ2n) is 4.48. The lowest BCUT2D eigenvalue weighted by molar-refractivity contribution is 0.0126. The van der Waals surface area contributed by atoms with Crippen LogP contribution < -0.4 is 5.43 Å². The second kappa shape index (κ2) is 7.06. The van der Waals surface area contributed by atoms with Crippen molar-refractivity contribution in [3.63, 3.8) is 0 Å². The summed E-state index contributed by atoms with van der Waals surface area (Å²) in [6.45, 7) is 4.30. The Morgan fingerprint density at radius 1 is 1.45 bits per heavy atom. The van der Waals surface area contributed by atoms with Gasteiger partial charge in [0, 0.05) is 24.2 Å². The molecule has 0 aliphatic carbocycles. The van der Waals surface area contributed by atoms with Gasteiger partial charge in [-0.1, -0.05) is 17.9 Å². The standard InChI is InChI=1S/C15H18N2O3/c1-12-13(5-3-9-18)4-2-6-14(12)15(19)16-17-7-10-20-11-8-17/h2,4,6,18H,7-11H2,1H3,(H,16,19). The summed E-state index contributed by atoms with van der Waals surface area (Å²) in [6.07, 6.45) is 0. The maximum atomic E-state index is 12.3. The van der Waals surface area contributed by atoms with E-state index in [1.807, 2.05) is 18.0 Å². The van der Waals surface area contributed by atoms with E-state index in [1.165, 1.54) is 0 Å². The summed E-state index contributed by atoms with van der Waals surface area (Å²) in [5, 5.41) is 10.6. The molecular weight excluding hydrogens is 256 g/mol. The highest BCUT2D eigenvalue weighted by atomic mass is 16.5. The van der Waals surface area contributed by atoms with Crippen LogP contribution in [0.1, 0.15) is 21.5 Å². The van der Waals surface area contributed by atoms with Gasteiger partial charge in [-0.05, 0) is 24.6 Å². The predicted octanol–water partition coefficient (Wildman–Crippen LogP) is 0.316. The zero-order chi connectivity index (χ0) is 14.4. The Labute approximate surface area is 118 Å². The number of nitrogens with zero attached hydrogens (tertiary/aromatic N) is 1. The lowest BCUT2D eigenvalue weighted by atomic mass is 10.0. The maximum absolute atomic E-state index is 12.3. The molecule has 20 heavy (non-hydrogen) atoms. The van der Waals surface area contributed by atoms with Gasteiger partial charge >= 0.3 is 0 Å². The van der Waals surface area contributed by atoms with Crippen LogP contribution in [0, 0.1) is 18.8 Å². The topological polar surface area (TPSA) is 61.8 Å². The minimum Gasteiger partial charge on any atom is -0.384 e. The Kier molecular flexibility index (Phi) is 5.13. The highest BCUT2D eigenvalue weighted by Gasteiger charge is 2.16. The van der Waals surface area contributed by atoms with E-state index in [2.05, 4.69) is 17.3 Å². The molecule has 1 amide bonds. The number of aliphatic hydroxyl groups is 1. The van der Waals surface area contributed by atoms with Crippen molar-refractivity contribution in [2.45, 2.75) is 6.92 Å². The van der Waals surface area contributed by atoms with Gasteiger partial charge < -0.3 is 9.84 Å². The zero-order valence-electron chi connectivity index (χ0n) is 11.5. The largest absolute Gasteiger partial charge is 0.384 e. The number of hydrogen-bond donors (Lipinski definition) is 2. The van der Waals surface area contributed by atoms with Gasteiger partial charge in [-0.3, -0.25) is 10.2 Å². The Morgan fingerprint density at radius 2 is 2.20 bits per heavy atom. The van der Waals surface area contributed by atoms with E-state index in [-0.39, 0.29) is 12.5 Å². The van der Waals surface area contributed by atoms with Crippen LogP contribution in [0.25, 0.3) is 0 Å². The van der Waals surface area contributed by atoms with Crippen LogP contribution >= 0.6 is 0 Å². The van der Waals surface area contributed by atoms with Crippen LogP contribution in [0.3, 0.4) is 0 Å². The van der Waals surface area contributed by atoms with E-state index < -0.39 is 0 Å². The summed E-state index contributed by atoms with van der Waals surface area (Å²) >= 11 is 0. The van der Waals surface area contributed by atoms with E-state index in [0.29, 0.717) is 31.9 Å². The lowest BCUT2D eigenvalue weighted by Gasteiger charge is -2.27. The number of carbonyl (C=O) groups excluding carboxylic acids is 1. The summed E-state index contributed by atoms with van der Waals surface area (Å²) < 4.78 is 5.24. The Bertz CT molecular complexity index is 540. The van der Waals surface area contributed by atoms with E-state index in [0.717, 1.165) is 11.1 Å². The molecule has 1 fully saturated rings.